The van der Waals surface area contributed by atoms with Crippen LogP contribution in [0.5, 0.6) is 5.88 Å². The van der Waals surface area contributed by atoms with Gasteiger partial charge in [-0.2, -0.15) is 0 Å². The molecule has 3 rings (SSSR count). The molecule has 100 valence electrons. The van der Waals surface area contributed by atoms with Crippen molar-refractivity contribution in [3.63, 3.8) is 0 Å². The van der Waals surface area contributed by atoms with Crippen LogP contribution in [0.25, 0.3) is 22.0 Å². The van der Waals surface area contributed by atoms with Gasteiger partial charge in [-0.3, -0.25) is 0 Å². The zero-order chi connectivity index (χ0) is 14.3. The molecule has 0 saturated carbocycles. The number of aryl methyl sites for hydroxylation is 1. The third kappa shape index (κ3) is 1.73. The number of carbonyl (C=O) groups is 1. The molecule has 2 N–H and O–H groups in total. The highest BCUT2D eigenvalue weighted by Gasteiger charge is 2.21. The van der Waals surface area contributed by atoms with E-state index in [4.69, 9.17) is 0 Å². The molecule has 2 aromatic carbocycles. The quantitative estimate of drug-likeness (QED) is 0.704. The van der Waals surface area contributed by atoms with Crippen molar-refractivity contribution in [3.8, 4) is 17.0 Å². The monoisotopic (exact) mass is 267 g/mol. The van der Waals surface area contributed by atoms with Gasteiger partial charge in [0.2, 0.25) is 5.88 Å². The van der Waals surface area contributed by atoms with Crippen molar-refractivity contribution in [2.24, 2.45) is 0 Å². The Hall–Kier alpha value is -2.75. The minimum absolute atomic E-state index is 0.246. The summed E-state index contributed by atoms with van der Waals surface area (Å²) in [5.41, 5.74) is 2.77. The number of aromatic hydroxyl groups is 1. The summed E-state index contributed by atoms with van der Waals surface area (Å²) in [6.45, 7) is 1.89. The van der Waals surface area contributed by atoms with Crippen LogP contribution in [0.2, 0.25) is 0 Å². The molecule has 0 bridgehead atoms. The molecule has 0 saturated heterocycles. The minimum Gasteiger partial charge on any atom is -0.494 e. The molecule has 0 amide bonds. The van der Waals surface area contributed by atoms with Gasteiger partial charge in [0.25, 0.3) is 0 Å². The number of hydrogen-bond acceptors (Lipinski definition) is 2. The first-order chi connectivity index (χ1) is 9.59. The lowest BCUT2D eigenvalue weighted by molar-refractivity contribution is 0.194. The lowest BCUT2D eigenvalue weighted by Gasteiger charge is -2.01. The lowest BCUT2D eigenvalue weighted by Crippen LogP contribution is -2.06. The number of aromatic nitrogens is 1. The van der Waals surface area contributed by atoms with Crippen LogP contribution in [0, 0.1) is 6.92 Å². The van der Waals surface area contributed by atoms with Crippen LogP contribution in [0.3, 0.4) is 0 Å². The maximum atomic E-state index is 11.4. The summed E-state index contributed by atoms with van der Waals surface area (Å²) in [6.07, 6.45) is -1.19. The van der Waals surface area contributed by atoms with Crippen molar-refractivity contribution in [2.75, 3.05) is 0 Å². The summed E-state index contributed by atoms with van der Waals surface area (Å²) in [6, 6.07) is 14.8. The molecule has 0 aliphatic heterocycles. The molecule has 0 radical (unpaired) electrons. The van der Waals surface area contributed by atoms with Gasteiger partial charge < -0.3 is 10.2 Å². The first-order valence-corrected chi connectivity index (χ1v) is 6.22. The number of fused-ring (bicyclic) bond motifs is 1. The van der Waals surface area contributed by atoms with Crippen LogP contribution in [0.1, 0.15) is 5.56 Å². The van der Waals surface area contributed by atoms with Gasteiger partial charge in [0.1, 0.15) is 0 Å². The average Bonchev–Trinajstić information content (AvgIpc) is 2.71. The van der Waals surface area contributed by atoms with E-state index in [-0.39, 0.29) is 5.88 Å². The fourth-order valence-electron chi connectivity index (χ4n) is 2.47. The second kappa shape index (κ2) is 4.42. The van der Waals surface area contributed by atoms with E-state index >= 15 is 0 Å². The van der Waals surface area contributed by atoms with Gasteiger partial charge >= 0.3 is 6.09 Å². The van der Waals surface area contributed by atoms with Crippen LogP contribution < -0.4 is 0 Å². The zero-order valence-corrected chi connectivity index (χ0v) is 10.9. The molecule has 0 spiro atoms. The van der Waals surface area contributed by atoms with Crippen molar-refractivity contribution < 1.29 is 15.0 Å². The topological polar surface area (TPSA) is 62.5 Å². The Labute approximate surface area is 115 Å². The van der Waals surface area contributed by atoms with E-state index < -0.39 is 6.09 Å². The highest BCUT2D eigenvalue weighted by atomic mass is 16.4. The predicted molar refractivity (Wildman–Crippen MR) is 77.2 cm³/mol. The number of rotatable bonds is 1. The van der Waals surface area contributed by atoms with Crippen molar-refractivity contribution in [2.45, 2.75) is 6.92 Å². The number of benzene rings is 2. The molecular weight excluding hydrogens is 254 g/mol. The molecule has 0 fully saturated rings. The largest absolute Gasteiger partial charge is 0.494 e. The lowest BCUT2D eigenvalue weighted by atomic mass is 10.0. The van der Waals surface area contributed by atoms with Gasteiger partial charge in [-0.25, -0.2) is 9.36 Å². The Kier molecular flexibility index (Phi) is 2.71. The summed E-state index contributed by atoms with van der Waals surface area (Å²) >= 11 is 0. The average molecular weight is 267 g/mol. The maximum absolute atomic E-state index is 11.4. The van der Waals surface area contributed by atoms with Gasteiger partial charge in [-0.05, 0) is 24.1 Å². The van der Waals surface area contributed by atoms with Gasteiger partial charge in [-0.1, -0.05) is 42.5 Å². The number of carboxylic acid groups (broad SMARTS) is 1. The third-order valence-electron chi connectivity index (χ3n) is 3.35. The molecule has 4 nitrogen and oxygen atoms in total. The highest BCUT2D eigenvalue weighted by molar-refractivity contribution is 6.04. The minimum atomic E-state index is -1.19. The van der Waals surface area contributed by atoms with Gasteiger partial charge in [-0.15, -0.1) is 0 Å². The second-order valence-corrected chi connectivity index (χ2v) is 4.70. The van der Waals surface area contributed by atoms with Crippen LogP contribution in [-0.4, -0.2) is 20.9 Å². The zero-order valence-electron chi connectivity index (χ0n) is 10.9. The van der Waals surface area contributed by atoms with E-state index in [0.717, 1.165) is 21.1 Å². The molecule has 0 aliphatic rings. The fourth-order valence-corrected chi connectivity index (χ4v) is 2.47. The third-order valence-corrected chi connectivity index (χ3v) is 3.35. The molecule has 4 heteroatoms. The summed E-state index contributed by atoms with van der Waals surface area (Å²) in [5, 5.41) is 20.4. The molecule has 0 aliphatic carbocycles. The molecule has 0 unspecified atom stereocenters. The Morgan fingerprint density at radius 1 is 1.10 bits per heavy atom. The molecular formula is C16H13NO3. The number of nitrogens with zero attached hydrogens (tertiary/aromatic N) is 1. The van der Waals surface area contributed by atoms with Crippen molar-refractivity contribution in [1.82, 2.24) is 4.57 Å². The van der Waals surface area contributed by atoms with Crippen LogP contribution in [-0.2, 0) is 0 Å². The van der Waals surface area contributed by atoms with E-state index in [9.17, 15) is 15.0 Å². The van der Waals surface area contributed by atoms with Gasteiger partial charge in [0.15, 0.2) is 0 Å². The first-order valence-electron chi connectivity index (χ1n) is 6.22. The Balaban J connectivity index is 2.44. The summed E-state index contributed by atoms with van der Waals surface area (Å²) in [7, 11) is 0. The molecule has 0 atom stereocenters. The summed E-state index contributed by atoms with van der Waals surface area (Å²) in [4.78, 5) is 11.4. The second-order valence-electron chi connectivity index (χ2n) is 4.70. The van der Waals surface area contributed by atoms with Crippen molar-refractivity contribution in [3.05, 3.63) is 54.1 Å². The van der Waals surface area contributed by atoms with Crippen molar-refractivity contribution in [1.29, 1.82) is 0 Å². The molecule has 20 heavy (non-hydrogen) atoms. The Morgan fingerprint density at radius 3 is 2.45 bits per heavy atom. The molecule has 1 aromatic heterocycles. The smallest absolute Gasteiger partial charge is 0.418 e. The molecule has 1 heterocycles. The fraction of sp³-hybridized carbons (Fsp3) is 0.0625. The van der Waals surface area contributed by atoms with E-state index in [1.54, 1.807) is 6.07 Å². The first kappa shape index (κ1) is 12.3. The van der Waals surface area contributed by atoms with E-state index in [2.05, 4.69) is 0 Å². The predicted octanol–water partition coefficient (Wildman–Crippen LogP) is 3.85. The van der Waals surface area contributed by atoms with E-state index in [1.165, 1.54) is 0 Å². The SMILES string of the molecule is Cc1ccc2c(-c3ccccc3)c(O)n(C(=O)O)c2c1. The standard InChI is InChI=1S/C16H13NO3/c1-10-7-8-12-13(9-10)17(16(19)20)15(18)14(12)11-5-3-2-4-6-11/h2-9,18H,1H3,(H,19,20). The van der Waals surface area contributed by atoms with Crippen molar-refractivity contribution >= 4 is 17.0 Å². The normalized spacial score (nSPS) is 10.8. The maximum Gasteiger partial charge on any atom is 0.418 e. The highest BCUT2D eigenvalue weighted by Crippen LogP contribution is 2.39. The van der Waals surface area contributed by atoms with Gasteiger partial charge in [0.05, 0.1) is 11.1 Å². The van der Waals surface area contributed by atoms with E-state index in [0.29, 0.717) is 11.1 Å². The van der Waals surface area contributed by atoms with Crippen LogP contribution in [0.15, 0.2) is 48.5 Å². The van der Waals surface area contributed by atoms with Gasteiger partial charge in [0, 0.05) is 5.39 Å². The summed E-state index contributed by atoms with van der Waals surface area (Å²) in [5.74, 6) is -0.246. The van der Waals surface area contributed by atoms with E-state index in [1.807, 2.05) is 49.4 Å². The Bertz CT molecular complexity index is 803. The van der Waals surface area contributed by atoms with Crippen LogP contribution >= 0.6 is 0 Å². The van der Waals surface area contributed by atoms with Crippen LogP contribution in [0.4, 0.5) is 4.79 Å². The summed E-state index contributed by atoms with van der Waals surface area (Å²) < 4.78 is 0.921. The Morgan fingerprint density at radius 2 is 1.80 bits per heavy atom. The molecule has 3 aromatic rings. The number of hydrogen-bond donors (Lipinski definition) is 2.